The van der Waals surface area contributed by atoms with Crippen LogP contribution in [0.15, 0.2) is 36.2 Å². The van der Waals surface area contributed by atoms with Gasteiger partial charge < -0.3 is 5.11 Å². The summed E-state index contributed by atoms with van der Waals surface area (Å²) in [6.07, 6.45) is 10.5. The zero-order chi connectivity index (χ0) is 18.7. The van der Waals surface area contributed by atoms with Crippen molar-refractivity contribution in [3.05, 3.63) is 57.7 Å². The number of nitro benzene ring substituents is 1. The third kappa shape index (κ3) is 3.66. The van der Waals surface area contributed by atoms with Gasteiger partial charge in [0.25, 0.3) is 5.69 Å². The van der Waals surface area contributed by atoms with Crippen LogP contribution in [-0.4, -0.2) is 25.6 Å². The van der Waals surface area contributed by atoms with Crippen LogP contribution < -0.4 is 0 Å². The van der Waals surface area contributed by atoms with Gasteiger partial charge in [0.1, 0.15) is 11.5 Å². The molecule has 0 bridgehead atoms. The number of carboxylic acid groups (broad SMARTS) is 1. The topological polar surface area (TPSA) is 98.3 Å². The van der Waals surface area contributed by atoms with Gasteiger partial charge in [-0.05, 0) is 43.5 Å². The van der Waals surface area contributed by atoms with Crippen molar-refractivity contribution in [1.82, 2.24) is 9.55 Å². The summed E-state index contributed by atoms with van der Waals surface area (Å²) >= 11 is 0. The fourth-order valence-corrected chi connectivity index (χ4v) is 3.47. The lowest BCUT2D eigenvalue weighted by molar-refractivity contribution is -0.384. The van der Waals surface area contributed by atoms with Crippen molar-refractivity contribution in [1.29, 1.82) is 0 Å². The van der Waals surface area contributed by atoms with Gasteiger partial charge in [0.15, 0.2) is 0 Å². The van der Waals surface area contributed by atoms with Crippen LogP contribution in [0.5, 0.6) is 0 Å². The van der Waals surface area contributed by atoms with Gasteiger partial charge in [-0.15, -0.1) is 0 Å². The van der Waals surface area contributed by atoms with Gasteiger partial charge in [0, 0.05) is 30.0 Å². The third-order valence-corrected chi connectivity index (χ3v) is 4.82. The van der Waals surface area contributed by atoms with E-state index in [4.69, 9.17) is 5.11 Å². The minimum Gasteiger partial charge on any atom is -0.478 e. The molecular weight excluding hydrogens is 334 g/mol. The molecule has 1 aromatic heterocycles. The van der Waals surface area contributed by atoms with Gasteiger partial charge in [-0.3, -0.25) is 14.7 Å². The number of hydrogen-bond acceptors (Lipinski definition) is 4. The molecule has 0 amide bonds. The van der Waals surface area contributed by atoms with E-state index in [2.05, 4.69) is 4.98 Å². The molecular formula is C19H21N3O4. The van der Waals surface area contributed by atoms with Gasteiger partial charge in [-0.2, -0.15) is 0 Å². The number of aliphatic carboxylic acids is 1. The van der Waals surface area contributed by atoms with Crippen LogP contribution in [-0.2, 0) is 4.79 Å². The van der Waals surface area contributed by atoms with Crippen LogP contribution in [0, 0.1) is 10.1 Å². The van der Waals surface area contributed by atoms with Crippen LogP contribution in [0.4, 0.5) is 5.69 Å². The Kier molecular flexibility index (Phi) is 5.16. The Hall–Kier alpha value is -2.96. The summed E-state index contributed by atoms with van der Waals surface area (Å²) in [7, 11) is 0. The minimum absolute atomic E-state index is 0.0230. The number of nitrogens with zero attached hydrogens (tertiary/aromatic N) is 3. The smallest absolute Gasteiger partial charge is 0.331 e. The van der Waals surface area contributed by atoms with E-state index in [1.807, 2.05) is 0 Å². The lowest BCUT2D eigenvalue weighted by Gasteiger charge is -2.22. The lowest BCUT2D eigenvalue weighted by Crippen LogP contribution is -2.12. The molecule has 7 heteroatoms. The molecule has 1 saturated carbocycles. The fourth-order valence-electron chi connectivity index (χ4n) is 3.47. The first-order chi connectivity index (χ1) is 12.5. The standard InChI is InChI=1S/C19H21N3O4/c1-13(19(23)24)11-14-7-8-16(22(25)26)17(12-14)21-10-9-20-18(21)15-5-3-2-4-6-15/h7-12,15H,2-6H2,1H3,(H,23,24). The number of aromatic nitrogens is 2. The predicted octanol–water partition coefficient (Wildman–Crippen LogP) is 4.32. The van der Waals surface area contributed by atoms with Gasteiger partial charge in [-0.25, -0.2) is 9.78 Å². The highest BCUT2D eigenvalue weighted by Gasteiger charge is 2.24. The molecule has 3 rings (SSSR count). The maximum atomic E-state index is 11.5. The van der Waals surface area contributed by atoms with Crippen molar-refractivity contribution < 1.29 is 14.8 Å². The van der Waals surface area contributed by atoms with E-state index in [0.717, 1.165) is 31.5 Å². The second-order valence-corrected chi connectivity index (χ2v) is 6.63. The zero-order valence-electron chi connectivity index (χ0n) is 14.6. The number of rotatable bonds is 5. The van der Waals surface area contributed by atoms with Crippen molar-refractivity contribution >= 4 is 17.7 Å². The molecule has 0 aliphatic heterocycles. The monoisotopic (exact) mass is 355 g/mol. The second kappa shape index (κ2) is 7.51. The van der Waals surface area contributed by atoms with Gasteiger partial charge in [-0.1, -0.05) is 19.3 Å². The summed E-state index contributed by atoms with van der Waals surface area (Å²) in [5, 5.41) is 20.6. The highest BCUT2D eigenvalue weighted by atomic mass is 16.6. The first-order valence-corrected chi connectivity index (χ1v) is 8.71. The molecule has 1 aliphatic rings. The van der Waals surface area contributed by atoms with Crippen LogP contribution in [0.25, 0.3) is 11.8 Å². The number of imidazole rings is 1. The average molecular weight is 355 g/mol. The summed E-state index contributed by atoms with van der Waals surface area (Å²) < 4.78 is 1.78. The zero-order valence-corrected chi connectivity index (χ0v) is 14.6. The van der Waals surface area contributed by atoms with E-state index in [9.17, 15) is 14.9 Å². The Morgan fingerprint density at radius 3 is 2.73 bits per heavy atom. The van der Waals surface area contributed by atoms with E-state index in [1.54, 1.807) is 29.1 Å². The van der Waals surface area contributed by atoms with E-state index in [1.165, 1.54) is 25.5 Å². The normalized spacial score (nSPS) is 15.8. The Labute approximate surface area is 151 Å². The third-order valence-electron chi connectivity index (χ3n) is 4.82. The van der Waals surface area contributed by atoms with Crippen molar-refractivity contribution in [2.24, 2.45) is 0 Å². The number of hydrogen-bond donors (Lipinski definition) is 1. The molecule has 1 N–H and O–H groups in total. The maximum Gasteiger partial charge on any atom is 0.331 e. The molecule has 1 aliphatic carbocycles. The SMILES string of the molecule is CC(=Cc1ccc([N+](=O)[O-])c(-n2ccnc2C2CCCCC2)c1)C(=O)O. The Bertz CT molecular complexity index is 863. The highest BCUT2D eigenvalue weighted by Crippen LogP contribution is 2.34. The Balaban J connectivity index is 2.08. The molecule has 7 nitrogen and oxygen atoms in total. The van der Waals surface area contributed by atoms with Crippen molar-refractivity contribution in [3.8, 4) is 5.69 Å². The molecule has 136 valence electrons. The van der Waals surface area contributed by atoms with Crippen molar-refractivity contribution in [2.75, 3.05) is 0 Å². The van der Waals surface area contributed by atoms with E-state index in [-0.39, 0.29) is 11.3 Å². The molecule has 1 heterocycles. The predicted molar refractivity (Wildman–Crippen MR) is 97.3 cm³/mol. The van der Waals surface area contributed by atoms with Gasteiger partial charge >= 0.3 is 5.97 Å². The molecule has 2 aromatic rings. The molecule has 0 atom stereocenters. The Morgan fingerprint density at radius 1 is 1.35 bits per heavy atom. The van der Waals surface area contributed by atoms with Crippen molar-refractivity contribution in [3.63, 3.8) is 0 Å². The summed E-state index contributed by atoms with van der Waals surface area (Å²) in [5.41, 5.74) is 1.17. The lowest BCUT2D eigenvalue weighted by atomic mass is 9.88. The summed E-state index contributed by atoms with van der Waals surface area (Å²) in [5.74, 6) is 0.109. The van der Waals surface area contributed by atoms with Gasteiger partial charge in [0.2, 0.25) is 0 Å². The van der Waals surface area contributed by atoms with Crippen LogP contribution in [0.3, 0.4) is 0 Å². The molecule has 0 radical (unpaired) electrons. The largest absolute Gasteiger partial charge is 0.478 e. The number of benzene rings is 1. The molecule has 0 unspecified atom stereocenters. The first-order valence-electron chi connectivity index (χ1n) is 8.71. The average Bonchev–Trinajstić information content (AvgIpc) is 3.11. The van der Waals surface area contributed by atoms with Crippen LogP contribution >= 0.6 is 0 Å². The summed E-state index contributed by atoms with van der Waals surface area (Å²) in [6, 6.07) is 4.63. The van der Waals surface area contributed by atoms with Crippen LogP contribution in [0.1, 0.15) is 56.3 Å². The van der Waals surface area contributed by atoms with Crippen LogP contribution in [0.2, 0.25) is 0 Å². The number of carboxylic acids is 1. The maximum absolute atomic E-state index is 11.5. The van der Waals surface area contributed by atoms with E-state index < -0.39 is 10.9 Å². The second-order valence-electron chi connectivity index (χ2n) is 6.63. The first kappa shape index (κ1) is 17.8. The fraction of sp³-hybridized carbons (Fsp3) is 0.368. The van der Waals surface area contributed by atoms with E-state index in [0.29, 0.717) is 17.2 Å². The quantitative estimate of drug-likeness (QED) is 0.489. The number of carbonyl (C=O) groups is 1. The molecule has 26 heavy (non-hydrogen) atoms. The number of nitro groups is 1. The molecule has 1 aromatic carbocycles. The molecule has 1 fully saturated rings. The summed E-state index contributed by atoms with van der Waals surface area (Å²) in [6.45, 7) is 1.49. The highest BCUT2D eigenvalue weighted by molar-refractivity contribution is 5.91. The minimum atomic E-state index is -1.02. The summed E-state index contributed by atoms with van der Waals surface area (Å²) in [4.78, 5) is 26.6. The molecule has 0 spiro atoms. The van der Waals surface area contributed by atoms with E-state index >= 15 is 0 Å². The molecule has 0 saturated heterocycles. The Morgan fingerprint density at radius 2 is 2.08 bits per heavy atom. The van der Waals surface area contributed by atoms with Crippen molar-refractivity contribution in [2.45, 2.75) is 44.9 Å². The van der Waals surface area contributed by atoms with Gasteiger partial charge in [0.05, 0.1) is 4.92 Å².